The largest absolute Gasteiger partial charge is 0.342 e. The summed E-state index contributed by atoms with van der Waals surface area (Å²) in [7, 11) is -3.52. The molecule has 1 aliphatic rings. The Morgan fingerprint density at radius 3 is 2.65 bits per heavy atom. The first-order valence-corrected chi connectivity index (χ1v) is 8.77. The van der Waals surface area contributed by atoms with E-state index >= 15 is 0 Å². The Hall–Kier alpha value is -0.540. The van der Waals surface area contributed by atoms with Crippen molar-refractivity contribution >= 4 is 26.0 Å². The zero-order valence-electron chi connectivity index (χ0n) is 10.7. The number of hydrogen-bond donors (Lipinski definition) is 0. The second-order valence-corrected chi connectivity index (χ2v) is 6.64. The molecule has 1 aliphatic heterocycles. The highest BCUT2D eigenvalue weighted by Gasteiger charge is 2.42. The van der Waals surface area contributed by atoms with Crippen LogP contribution in [0.15, 0.2) is 24.3 Å². The summed E-state index contributed by atoms with van der Waals surface area (Å²) in [4.78, 5) is 0. The van der Waals surface area contributed by atoms with Gasteiger partial charge in [0.1, 0.15) is 11.9 Å². The maximum absolute atomic E-state index is 13.0. The number of ether oxygens (including phenoxy) is 2. The summed E-state index contributed by atoms with van der Waals surface area (Å²) in [6.07, 6.45) is 0.466. The maximum atomic E-state index is 13.0. The second kappa shape index (κ2) is 6.07. The molecule has 2 rings (SSSR count). The lowest BCUT2D eigenvalue weighted by Gasteiger charge is -2.26. The molecule has 0 aromatic heterocycles. The van der Waals surface area contributed by atoms with Crippen molar-refractivity contribution in [1.29, 1.82) is 0 Å². The Morgan fingerprint density at radius 1 is 1.45 bits per heavy atom. The van der Waals surface area contributed by atoms with E-state index in [-0.39, 0.29) is 19.0 Å². The molecular weight excluding hydrogens is 355 g/mol. The van der Waals surface area contributed by atoms with Crippen molar-refractivity contribution in [1.82, 2.24) is 0 Å². The molecule has 0 bridgehead atoms. The minimum atomic E-state index is -3.52. The molecule has 1 fully saturated rings. The highest BCUT2D eigenvalue weighted by atomic mass is 79.9. The molecule has 0 radical (unpaired) electrons. The molecule has 1 heterocycles. The first-order valence-electron chi connectivity index (χ1n) is 5.83. The highest BCUT2D eigenvalue weighted by molar-refractivity contribution is 9.09. The molecule has 20 heavy (non-hydrogen) atoms. The van der Waals surface area contributed by atoms with Gasteiger partial charge in [-0.1, -0.05) is 28.1 Å². The molecule has 0 aliphatic carbocycles. The minimum Gasteiger partial charge on any atom is -0.342 e. The van der Waals surface area contributed by atoms with E-state index in [0.717, 1.165) is 6.26 Å². The summed E-state index contributed by atoms with van der Waals surface area (Å²) >= 11 is 3.30. The first-order chi connectivity index (χ1) is 9.35. The number of benzene rings is 1. The van der Waals surface area contributed by atoms with Gasteiger partial charge in [0.05, 0.1) is 24.8 Å². The van der Waals surface area contributed by atoms with E-state index in [1.165, 1.54) is 12.1 Å². The van der Waals surface area contributed by atoms with Crippen LogP contribution in [0.5, 0.6) is 0 Å². The van der Waals surface area contributed by atoms with E-state index in [2.05, 4.69) is 15.9 Å². The third kappa shape index (κ3) is 3.76. The molecule has 0 saturated carbocycles. The molecular formula is C12H14BrFO5S. The second-order valence-electron chi connectivity index (χ2n) is 4.43. The van der Waals surface area contributed by atoms with Gasteiger partial charge in [0.25, 0.3) is 10.1 Å². The van der Waals surface area contributed by atoms with Crippen molar-refractivity contribution in [3.05, 3.63) is 35.6 Å². The lowest BCUT2D eigenvalue weighted by molar-refractivity contribution is -0.159. The normalized spacial score (nSPS) is 26.9. The number of alkyl halides is 1. The summed E-state index contributed by atoms with van der Waals surface area (Å²) in [6, 6.07) is 5.76. The van der Waals surface area contributed by atoms with Crippen LogP contribution in [0.4, 0.5) is 4.39 Å². The topological polar surface area (TPSA) is 61.8 Å². The number of rotatable bonds is 5. The van der Waals surface area contributed by atoms with Crippen LogP contribution in [-0.2, 0) is 29.6 Å². The van der Waals surface area contributed by atoms with Crippen molar-refractivity contribution in [3.63, 3.8) is 0 Å². The van der Waals surface area contributed by atoms with Gasteiger partial charge in [-0.2, -0.15) is 8.42 Å². The molecule has 0 N–H and O–H groups in total. The molecule has 1 aromatic carbocycles. The summed E-state index contributed by atoms with van der Waals surface area (Å²) in [5, 5.41) is 0.334. The summed E-state index contributed by atoms with van der Waals surface area (Å²) < 4.78 is 50.9. The van der Waals surface area contributed by atoms with Crippen LogP contribution in [-0.4, -0.2) is 39.3 Å². The van der Waals surface area contributed by atoms with Gasteiger partial charge in [-0.3, -0.25) is 4.18 Å². The van der Waals surface area contributed by atoms with Crippen molar-refractivity contribution in [2.24, 2.45) is 0 Å². The minimum absolute atomic E-state index is 0.116. The first kappa shape index (κ1) is 15.8. The van der Waals surface area contributed by atoms with Crippen molar-refractivity contribution in [3.8, 4) is 0 Å². The Bertz CT molecular complexity index is 562. The fourth-order valence-corrected chi connectivity index (χ4v) is 2.87. The fourth-order valence-electron chi connectivity index (χ4n) is 1.85. The van der Waals surface area contributed by atoms with Gasteiger partial charge in [0.15, 0.2) is 0 Å². The van der Waals surface area contributed by atoms with Gasteiger partial charge in [-0.25, -0.2) is 4.39 Å². The predicted molar refractivity (Wildman–Crippen MR) is 73.5 cm³/mol. The van der Waals surface area contributed by atoms with Crippen molar-refractivity contribution in [2.45, 2.75) is 11.9 Å². The Balaban J connectivity index is 2.09. The van der Waals surface area contributed by atoms with Gasteiger partial charge in [0, 0.05) is 5.56 Å². The highest BCUT2D eigenvalue weighted by Crippen LogP contribution is 2.36. The van der Waals surface area contributed by atoms with Crippen LogP contribution in [0, 0.1) is 5.82 Å². The Morgan fingerprint density at radius 2 is 2.10 bits per heavy atom. The third-order valence-electron chi connectivity index (χ3n) is 2.79. The molecule has 0 unspecified atom stereocenters. The molecule has 0 spiro atoms. The summed E-state index contributed by atoms with van der Waals surface area (Å²) in [5.74, 6) is -1.41. The summed E-state index contributed by atoms with van der Waals surface area (Å²) in [6.45, 7) is 0.0767. The van der Waals surface area contributed by atoms with Gasteiger partial charge in [0.2, 0.25) is 5.79 Å². The molecule has 8 heteroatoms. The smallest absolute Gasteiger partial charge is 0.264 e. The van der Waals surface area contributed by atoms with E-state index in [4.69, 9.17) is 13.7 Å². The average Bonchev–Trinajstić information content (AvgIpc) is 2.81. The van der Waals surface area contributed by atoms with E-state index in [9.17, 15) is 12.8 Å². The van der Waals surface area contributed by atoms with Crippen LogP contribution >= 0.6 is 15.9 Å². The van der Waals surface area contributed by atoms with Gasteiger partial charge in [-0.15, -0.1) is 0 Å². The molecule has 112 valence electrons. The van der Waals surface area contributed by atoms with Crippen LogP contribution in [0.2, 0.25) is 0 Å². The fraction of sp³-hybridized carbons (Fsp3) is 0.500. The molecule has 2 atom stereocenters. The quantitative estimate of drug-likeness (QED) is 0.585. The predicted octanol–water partition coefficient (Wildman–Crippen LogP) is 1.77. The van der Waals surface area contributed by atoms with Gasteiger partial charge < -0.3 is 9.47 Å². The van der Waals surface area contributed by atoms with Crippen molar-refractivity contribution in [2.75, 3.05) is 24.8 Å². The zero-order valence-corrected chi connectivity index (χ0v) is 13.1. The van der Waals surface area contributed by atoms with Crippen LogP contribution in [0.1, 0.15) is 5.56 Å². The van der Waals surface area contributed by atoms with E-state index < -0.39 is 22.0 Å². The standard InChI is InChI=1S/C12H14BrFO5S/c1-20(15,16)18-7-11-6-17-12(8-13,19-11)9-2-4-10(14)5-3-9/h2-5,11H,6-8H2,1H3/t11-,12+/m0/s1. The monoisotopic (exact) mass is 368 g/mol. The van der Waals surface area contributed by atoms with E-state index in [1.807, 2.05) is 0 Å². The molecule has 1 saturated heterocycles. The Labute approximate surface area is 125 Å². The van der Waals surface area contributed by atoms with Crippen LogP contribution in [0.3, 0.4) is 0 Å². The Kier molecular flexibility index (Phi) is 4.80. The number of hydrogen-bond acceptors (Lipinski definition) is 5. The lowest BCUT2D eigenvalue weighted by Crippen LogP contribution is -2.31. The summed E-state index contributed by atoms with van der Waals surface area (Å²) in [5.41, 5.74) is 0.651. The zero-order chi connectivity index (χ0) is 14.8. The van der Waals surface area contributed by atoms with E-state index in [0.29, 0.717) is 10.9 Å². The van der Waals surface area contributed by atoms with Crippen LogP contribution in [0.25, 0.3) is 0 Å². The van der Waals surface area contributed by atoms with E-state index in [1.54, 1.807) is 12.1 Å². The molecule has 5 nitrogen and oxygen atoms in total. The molecule has 0 amide bonds. The molecule has 1 aromatic rings. The SMILES string of the molecule is CS(=O)(=O)OC[C@@H]1CO[C@@](CBr)(c2ccc(F)cc2)O1. The maximum Gasteiger partial charge on any atom is 0.264 e. The van der Waals surface area contributed by atoms with Gasteiger partial charge in [-0.05, 0) is 12.1 Å². The average molecular weight is 369 g/mol. The van der Waals surface area contributed by atoms with Crippen molar-refractivity contribution < 1.29 is 26.5 Å². The van der Waals surface area contributed by atoms with Gasteiger partial charge >= 0.3 is 0 Å². The van der Waals surface area contributed by atoms with Crippen LogP contribution < -0.4 is 0 Å². The number of halogens is 2. The third-order valence-corrected chi connectivity index (χ3v) is 4.09. The lowest BCUT2D eigenvalue weighted by atomic mass is 10.1.